The van der Waals surface area contributed by atoms with Gasteiger partial charge in [-0.05, 0) is 40.0 Å². The van der Waals surface area contributed by atoms with Crippen LogP contribution in [-0.2, 0) is 23.9 Å². The van der Waals surface area contributed by atoms with Crippen molar-refractivity contribution in [1.29, 1.82) is 0 Å². The Balaban J connectivity index is 2.42. The maximum absolute atomic E-state index is 12.5. The minimum Gasteiger partial charge on any atom is -0.454 e. The van der Waals surface area contributed by atoms with Crippen molar-refractivity contribution in [2.24, 2.45) is 11.8 Å². The van der Waals surface area contributed by atoms with E-state index in [0.717, 1.165) is 0 Å². The number of Topliss-reactive ketones (excluding diaryl/α,β-unsaturated/α-hetero) is 1. The molecule has 5 atom stereocenters. The van der Waals surface area contributed by atoms with Crippen LogP contribution in [0, 0.1) is 11.8 Å². The monoisotopic (exact) mass is 364 g/mol. The van der Waals surface area contributed by atoms with Gasteiger partial charge in [0.05, 0.1) is 0 Å². The van der Waals surface area contributed by atoms with Gasteiger partial charge in [0.25, 0.3) is 0 Å². The molecule has 1 saturated carbocycles. The molecular weight excluding hydrogens is 336 g/mol. The maximum atomic E-state index is 12.5. The molecule has 1 aliphatic heterocycles. The van der Waals surface area contributed by atoms with Crippen molar-refractivity contribution in [2.45, 2.75) is 71.2 Å². The third kappa shape index (κ3) is 4.06. The number of ketones is 1. The highest BCUT2D eigenvalue weighted by molar-refractivity contribution is 5.93. The fourth-order valence-electron chi connectivity index (χ4n) is 3.50. The van der Waals surface area contributed by atoms with Gasteiger partial charge in [-0.1, -0.05) is 19.6 Å². The lowest BCUT2D eigenvalue weighted by Crippen LogP contribution is -2.52. The zero-order valence-electron chi connectivity index (χ0n) is 15.9. The van der Waals surface area contributed by atoms with E-state index in [-0.39, 0.29) is 23.7 Å². The van der Waals surface area contributed by atoms with Gasteiger partial charge in [-0.25, -0.2) is 9.59 Å². The van der Waals surface area contributed by atoms with Gasteiger partial charge in [0.15, 0.2) is 6.10 Å². The molecule has 6 nitrogen and oxygen atoms in total. The minimum atomic E-state index is -1.39. The average molecular weight is 364 g/mol. The van der Waals surface area contributed by atoms with Gasteiger partial charge in [0, 0.05) is 29.4 Å². The lowest BCUT2D eigenvalue weighted by Gasteiger charge is -2.38. The van der Waals surface area contributed by atoms with E-state index in [2.05, 4.69) is 6.58 Å². The molecule has 1 aliphatic carbocycles. The van der Waals surface area contributed by atoms with Gasteiger partial charge < -0.3 is 14.6 Å². The molecule has 144 valence electrons. The molecule has 0 aromatic rings. The Hall–Kier alpha value is -1.95. The van der Waals surface area contributed by atoms with E-state index in [0.29, 0.717) is 24.8 Å². The summed E-state index contributed by atoms with van der Waals surface area (Å²) in [4.78, 5) is 36.9. The fraction of sp³-hybridized carbons (Fsp3) is 0.650. The van der Waals surface area contributed by atoms with Crippen molar-refractivity contribution in [1.82, 2.24) is 0 Å². The van der Waals surface area contributed by atoms with Crippen molar-refractivity contribution >= 4 is 17.7 Å². The molecule has 1 N–H and O–H groups in total. The van der Waals surface area contributed by atoms with E-state index >= 15 is 0 Å². The number of aliphatic hydroxyl groups is 1. The Morgan fingerprint density at radius 2 is 2.08 bits per heavy atom. The molecule has 0 bridgehead atoms. The molecule has 2 rings (SSSR count). The zero-order valence-corrected chi connectivity index (χ0v) is 15.9. The van der Waals surface area contributed by atoms with Crippen LogP contribution in [0.15, 0.2) is 23.8 Å². The van der Waals surface area contributed by atoms with Crippen LogP contribution in [0.3, 0.4) is 0 Å². The largest absolute Gasteiger partial charge is 0.454 e. The highest BCUT2D eigenvalue weighted by Crippen LogP contribution is 2.39. The van der Waals surface area contributed by atoms with Gasteiger partial charge in [-0.2, -0.15) is 0 Å². The van der Waals surface area contributed by atoms with Gasteiger partial charge >= 0.3 is 11.9 Å². The van der Waals surface area contributed by atoms with Crippen molar-refractivity contribution in [3.05, 3.63) is 23.8 Å². The normalized spacial score (nSPS) is 36.3. The number of fused-ring (bicyclic) bond motifs is 1. The van der Waals surface area contributed by atoms with Crippen LogP contribution in [0.1, 0.15) is 53.4 Å². The summed E-state index contributed by atoms with van der Waals surface area (Å²) in [5, 5.41) is 11.0. The SMILES string of the molecule is C=C1C(=O)O[C@@H]2[C@@H](OC(=O)/C(C)=C/C)[C@](C)(O)CCC[C@@H](C)C(=O)C[C@@H]12. The molecule has 1 saturated heterocycles. The summed E-state index contributed by atoms with van der Waals surface area (Å²) in [6.07, 6.45) is 1.26. The number of hydrogen-bond donors (Lipinski definition) is 1. The highest BCUT2D eigenvalue weighted by atomic mass is 16.6. The Labute approximate surface area is 154 Å². The molecule has 0 aromatic carbocycles. The van der Waals surface area contributed by atoms with E-state index in [1.54, 1.807) is 26.8 Å². The number of esters is 2. The molecule has 0 radical (unpaired) electrons. The van der Waals surface area contributed by atoms with E-state index in [9.17, 15) is 19.5 Å². The number of carbonyl (C=O) groups excluding carboxylic acids is 3. The van der Waals surface area contributed by atoms with Crippen LogP contribution in [-0.4, -0.2) is 40.6 Å². The van der Waals surface area contributed by atoms with Gasteiger partial charge in [0.1, 0.15) is 17.5 Å². The first-order chi connectivity index (χ1) is 12.1. The molecule has 0 amide bonds. The van der Waals surface area contributed by atoms with Crippen LogP contribution in [0.4, 0.5) is 0 Å². The molecular formula is C20H28O6. The molecule has 1 heterocycles. The predicted molar refractivity (Wildman–Crippen MR) is 95.1 cm³/mol. The Bertz CT molecular complexity index is 645. The first-order valence-corrected chi connectivity index (χ1v) is 9.07. The van der Waals surface area contributed by atoms with E-state index in [1.165, 1.54) is 0 Å². The van der Waals surface area contributed by atoms with Crippen LogP contribution in [0.25, 0.3) is 0 Å². The maximum Gasteiger partial charge on any atom is 0.334 e. The summed E-state index contributed by atoms with van der Waals surface area (Å²) >= 11 is 0. The Morgan fingerprint density at radius 1 is 1.42 bits per heavy atom. The second-order valence-electron chi connectivity index (χ2n) is 7.62. The Morgan fingerprint density at radius 3 is 2.69 bits per heavy atom. The third-order valence-electron chi connectivity index (χ3n) is 5.54. The molecule has 0 spiro atoms. The lowest BCUT2D eigenvalue weighted by atomic mass is 9.77. The number of allylic oxidation sites excluding steroid dienone is 1. The highest BCUT2D eigenvalue weighted by Gasteiger charge is 2.52. The van der Waals surface area contributed by atoms with Gasteiger partial charge in [-0.15, -0.1) is 0 Å². The zero-order chi connectivity index (χ0) is 19.6. The molecule has 26 heavy (non-hydrogen) atoms. The third-order valence-corrected chi connectivity index (χ3v) is 5.54. The molecule has 2 aliphatic rings. The van der Waals surface area contributed by atoms with Crippen LogP contribution in [0.2, 0.25) is 0 Å². The predicted octanol–water partition coefficient (Wildman–Crippen LogP) is 2.49. The summed E-state index contributed by atoms with van der Waals surface area (Å²) in [6, 6.07) is 0. The number of ether oxygens (including phenoxy) is 2. The van der Waals surface area contributed by atoms with E-state index in [4.69, 9.17) is 9.47 Å². The second kappa shape index (κ2) is 7.74. The first kappa shape index (κ1) is 20.4. The number of hydrogen-bond acceptors (Lipinski definition) is 6. The lowest BCUT2D eigenvalue weighted by molar-refractivity contribution is -0.185. The van der Waals surface area contributed by atoms with Gasteiger partial charge in [-0.3, -0.25) is 4.79 Å². The molecule has 0 unspecified atom stereocenters. The quantitative estimate of drug-likeness (QED) is 0.598. The van der Waals surface area contributed by atoms with Crippen LogP contribution < -0.4 is 0 Å². The topological polar surface area (TPSA) is 89.9 Å². The van der Waals surface area contributed by atoms with E-state index < -0.39 is 35.7 Å². The molecule has 6 heteroatoms. The van der Waals surface area contributed by atoms with Crippen LogP contribution >= 0.6 is 0 Å². The first-order valence-electron chi connectivity index (χ1n) is 9.07. The summed E-state index contributed by atoms with van der Waals surface area (Å²) in [7, 11) is 0. The fourth-order valence-corrected chi connectivity index (χ4v) is 3.50. The number of rotatable bonds is 2. The Kier molecular flexibility index (Phi) is 6.06. The summed E-state index contributed by atoms with van der Waals surface area (Å²) in [6.45, 7) is 10.5. The van der Waals surface area contributed by atoms with Crippen molar-refractivity contribution in [2.75, 3.05) is 0 Å². The summed E-state index contributed by atoms with van der Waals surface area (Å²) in [5.74, 6) is -1.94. The van der Waals surface area contributed by atoms with Crippen molar-refractivity contribution in [3.63, 3.8) is 0 Å². The standard InChI is InChI=1S/C20H28O6/c1-6-11(2)18(22)26-17-16-14(13(4)19(23)25-16)10-15(21)12(3)8-7-9-20(17,5)24/h6,12,14,16-17,24H,4,7-10H2,1-3,5H3/b11-6+/t12-,14+,16+,17-,20-/m1/s1. The minimum absolute atomic E-state index is 0.0238. The van der Waals surface area contributed by atoms with Crippen molar-refractivity contribution in [3.8, 4) is 0 Å². The van der Waals surface area contributed by atoms with E-state index in [1.807, 2.05) is 6.92 Å². The summed E-state index contributed by atoms with van der Waals surface area (Å²) in [5.41, 5.74) is -0.810. The second-order valence-corrected chi connectivity index (χ2v) is 7.62. The average Bonchev–Trinajstić information content (AvgIpc) is 2.85. The smallest absolute Gasteiger partial charge is 0.334 e. The number of carbonyl (C=O) groups is 3. The summed E-state index contributed by atoms with van der Waals surface area (Å²) < 4.78 is 11.0. The van der Waals surface area contributed by atoms with Crippen LogP contribution in [0.5, 0.6) is 0 Å². The van der Waals surface area contributed by atoms with Crippen molar-refractivity contribution < 1.29 is 29.0 Å². The molecule has 2 fully saturated rings. The molecule has 0 aromatic heterocycles. The van der Waals surface area contributed by atoms with Gasteiger partial charge in [0.2, 0.25) is 0 Å².